The first-order valence-electron chi connectivity index (χ1n) is 6.88. The first kappa shape index (κ1) is 12.4. The lowest BCUT2D eigenvalue weighted by Gasteiger charge is -2.18. The van der Waals surface area contributed by atoms with E-state index in [1.165, 1.54) is 16.5 Å². The van der Waals surface area contributed by atoms with Gasteiger partial charge in [-0.25, -0.2) is 0 Å². The van der Waals surface area contributed by atoms with Crippen molar-refractivity contribution in [1.29, 1.82) is 0 Å². The molecule has 0 aliphatic carbocycles. The molecule has 102 valence electrons. The number of fused-ring (bicyclic) bond motifs is 2. The Morgan fingerprint density at radius 2 is 1.95 bits per heavy atom. The van der Waals surface area contributed by atoms with Crippen LogP contribution >= 0.6 is 0 Å². The van der Waals surface area contributed by atoms with Crippen LogP contribution in [0, 0.1) is 0 Å². The van der Waals surface area contributed by atoms with Crippen molar-refractivity contribution in [3.8, 4) is 11.5 Å². The van der Waals surface area contributed by atoms with Crippen molar-refractivity contribution >= 4 is 10.9 Å². The molecule has 1 aromatic carbocycles. The summed E-state index contributed by atoms with van der Waals surface area (Å²) in [6, 6.07) is 4.20. The summed E-state index contributed by atoms with van der Waals surface area (Å²) in [4.78, 5) is 0. The first-order valence-corrected chi connectivity index (χ1v) is 6.88. The van der Waals surface area contributed by atoms with Crippen LogP contribution in [0.25, 0.3) is 10.9 Å². The highest BCUT2D eigenvalue weighted by atomic mass is 16.6. The number of nitrogens with one attached hydrogen (secondary N) is 1. The van der Waals surface area contributed by atoms with Gasteiger partial charge >= 0.3 is 0 Å². The monoisotopic (exact) mass is 260 g/mol. The molecule has 1 aliphatic heterocycles. The molecule has 1 aliphatic rings. The van der Waals surface area contributed by atoms with Crippen molar-refractivity contribution in [3.63, 3.8) is 0 Å². The Labute approximate surface area is 113 Å². The summed E-state index contributed by atoms with van der Waals surface area (Å²) >= 11 is 0. The summed E-state index contributed by atoms with van der Waals surface area (Å²) in [6.45, 7) is 5.42. The van der Waals surface area contributed by atoms with Gasteiger partial charge in [0.1, 0.15) is 13.2 Å². The number of ether oxygens (including phenoxy) is 2. The molecular weight excluding hydrogens is 240 g/mol. The second-order valence-electron chi connectivity index (χ2n) is 4.88. The van der Waals surface area contributed by atoms with Crippen molar-refractivity contribution in [2.75, 3.05) is 26.3 Å². The Morgan fingerprint density at radius 3 is 2.68 bits per heavy atom. The molecule has 2 heterocycles. The maximum Gasteiger partial charge on any atom is 0.163 e. The predicted octanol–water partition coefficient (Wildman–Crippen LogP) is 2.10. The Balaban J connectivity index is 1.99. The molecule has 0 radical (unpaired) electrons. The van der Waals surface area contributed by atoms with Gasteiger partial charge in [0.2, 0.25) is 0 Å². The summed E-state index contributed by atoms with van der Waals surface area (Å²) in [5.74, 6) is 1.73. The molecule has 1 N–H and O–H groups in total. The van der Waals surface area contributed by atoms with E-state index in [1.54, 1.807) is 0 Å². The van der Waals surface area contributed by atoms with Crippen LogP contribution in [0.3, 0.4) is 0 Å². The van der Waals surface area contributed by atoms with Crippen molar-refractivity contribution in [3.05, 3.63) is 23.9 Å². The molecule has 0 amide bonds. The van der Waals surface area contributed by atoms with E-state index in [-0.39, 0.29) is 0 Å². The van der Waals surface area contributed by atoms with Crippen molar-refractivity contribution in [1.82, 2.24) is 9.88 Å². The quantitative estimate of drug-likeness (QED) is 0.855. The molecule has 0 fully saturated rings. The molecule has 0 unspecified atom stereocenters. The number of hydrogen-bond donors (Lipinski definition) is 1. The first-order chi connectivity index (χ1) is 9.29. The van der Waals surface area contributed by atoms with Crippen LogP contribution in [0.4, 0.5) is 0 Å². The lowest BCUT2D eigenvalue weighted by Crippen LogP contribution is -2.16. The molecule has 0 saturated carbocycles. The minimum absolute atomic E-state index is 0.635. The van der Waals surface area contributed by atoms with E-state index in [1.807, 2.05) is 0 Å². The third kappa shape index (κ3) is 2.28. The summed E-state index contributed by atoms with van der Waals surface area (Å²) in [7, 11) is 2.08. The van der Waals surface area contributed by atoms with Gasteiger partial charge in [0.15, 0.2) is 11.5 Å². The number of benzene rings is 1. The second kappa shape index (κ2) is 5.13. The number of aromatic nitrogens is 1. The highest BCUT2D eigenvalue weighted by molar-refractivity contribution is 5.87. The summed E-state index contributed by atoms with van der Waals surface area (Å²) in [5, 5.41) is 4.64. The normalized spacial score (nSPS) is 14.0. The molecule has 0 bridgehead atoms. The van der Waals surface area contributed by atoms with Crippen LogP contribution in [-0.4, -0.2) is 30.9 Å². The molecule has 1 aromatic heterocycles. The number of likely N-dealkylation sites (N-methyl/N-ethyl adjacent to an activating group) is 1. The highest BCUT2D eigenvalue weighted by Gasteiger charge is 2.16. The molecular formula is C15H20N2O2. The maximum absolute atomic E-state index is 5.67. The fraction of sp³-hybridized carbons (Fsp3) is 0.467. The zero-order chi connectivity index (χ0) is 13.2. The maximum atomic E-state index is 5.67. The van der Waals surface area contributed by atoms with Gasteiger partial charge in [-0.05, 0) is 31.1 Å². The number of nitrogens with zero attached hydrogens (tertiary/aromatic N) is 1. The smallest absolute Gasteiger partial charge is 0.163 e. The molecule has 0 atom stereocenters. The zero-order valence-corrected chi connectivity index (χ0v) is 11.5. The molecule has 0 spiro atoms. The highest BCUT2D eigenvalue weighted by Crippen LogP contribution is 2.36. The van der Waals surface area contributed by atoms with Crippen LogP contribution in [0.1, 0.15) is 12.5 Å². The van der Waals surface area contributed by atoms with Gasteiger partial charge in [-0.1, -0.05) is 6.92 Å². The summed E-state index contributed by atoms with van der Waals surface area (Å²) in [5.41, 5.74) is 2.56. The molecule has 2 aromatic rings. The molecule has 3 rings (SSSR count). The SMILES string of the molecule is CCNCCc1cn(C)c2cc3c(cc12)OCCO3. The number of aryl methyl sites for hydroxylation is 1. The predicted molar refractivity (Wildman–Crippen MR) is 76.2 cm³/mol. The lowest BCUT2D eigenvalue weighted by atomic mass is 10.1. The van der Waals surface area contributed by atoms with Crippen molar-refractivity contribution in [2.45, 2.75) is 13.3 Å². The topological polar surface area (TPSA) is 35.4 Å². The van der Waals surface area contributed by atoms with E-state index in [0.717, 1.165) is 31.0 Å². The van der Waals surface area contributed by atoms with Crippen LogP contribution in [-0.2, 0) is 13.5 Å². The third-order valence-corrected chi connectivity index (χ3v) is 3.56. The van der Waals surface area contributed by atoms with E-state index in [4.69, 9.17) is 9.47 Å². The molecule has 0 saturated heterocycles. The van der Waals surface area contributed by atoms with Crippen molar-refractivity contribution in [2.24, 2.45) is 7.05 Å². The van der Waals surface area contributed by atoms with Crippen LogP contribution in [0.15, 0.2) is 18.3 Å². The van der Waals surface area contributed by atoms with Crippen molar-refractivity contribution < 1.29 is 9.47 Å². The minimum atomic E-state index is 0.635. The standard InChI is InChI=1S/C15H20N2O2/c1-3-16-5-4-11-10-17(2)13-9-15-14(8-12(11)13)18-6-7-19-15/h8-10,16H,3-7H2,1-2H3. The van der Waals surface area contributed by atoms with Gasteiger partial charge < -0.3 is 19.4 Å². The third-order valence-electron chi connectivity index (χ3n) is 3.56. The Hall–Kier alpha value is -1.68. The van der Waals surface area contributed by atoms with Crippen LogP contribution in [0.2, 0.25) is 0 Å². The fourth-order valence-electron chi connectivity index (χ4n) is 2.60. The molecule has 4 heteroatoms. The average molecular weight is 260 g/mol. The largest absolute Gasteiger partial charge is 0.486 e. The fourth-order valence-corrected chi connectivity index (χ4v) is 2.60. The van der Waals surface area contributed by atoms with E-state index >= 15 is 0 Å². The lowest BCUT2D eigenvalue weighted by molar-refractivity contribution is 0.172. The Morgan fingerprint density at radius 1 is 1.21 bits per heavy atom. The van der Waals surface area contributed by atoms with Gasteiger partial charge in [0.25, 0.3) is 0 Å². The minimum Gasteiger partial charge on any atom is -0.486 e. The van der Waals surface area contributed by atoms with Crippen LogP contribution < -0.4 is 14.8 Å². The number of hydrogen-bond acceptors (Lipinski definition) is 3. The summed E-state index contributed by atoms with van der Waals surface area (Å²) < 4.78 is 13.5. The van der Waals surface area contributed by atoms with E-state index in [9.17, 15) is 0 Å². The van der Waals surface area contributed by atoms with Crippen LogP contribution in [0.5, 0.6) is 11.5 Å². The zero-order valence-electron chi connectivity index (χ0n) is 11.5. The van der Waals surface area contributed by atoms with E-state index < -0.39 is 0 Å². The average Bonchev–Trinajstić information content (AvgIpc) is 2.73. The molecule has 19 heavy (non-hydrogen) atoms. The molecule has 4 nitrogen and oxygen atoms in total. The van der Waals surface area contributed by atoms with Gasteiger partial charge in [-0.3, -0.25) is 0 Å². The number of rotatable bonds is 4. The Bertz CT molecular complexity index is 589. The second-order valence-corrected chi connectivity index (χ2v) is 4.88. The van der Waals surface area contributed by atoms with Gasteiger partial charge in [-0.2, -0.15) is 0 Å². The van der Waals surface area contributed by atoms with E-state index in [2.05, 4.69) is 42.2 Å². The summed E-state index contributed by atoms with van der Waals surface area (Å²) in [6.07, 6.45) is 3.23. The van der Waals surface area contributed by atoms with Gasteiger partial charge in [-0.15, -0.1) is 0 Å². The van der Waals surface area contributed by atoms with Gasteiger partial charge in [0, 0.05) is 24.7 Å². The van der Waals surface area contributed by atoms with Gasteiger partial charge in [0.05, 0.1) is 5.52 Å². The Kier molecular flexibility index (Phi) is 3.34. The van der Waals surface area contributed by atoms with E-state index in [0.29, 0.717) is 13.2 Å².